The predicted octanol–water partition coefficient (Wildman–Crippen LogP) is -0.209. The molecule has 0 fully saturated rings. The van der Waals surface area contributed by atoms with E-state index < -0.39 is 10.1 Å². The van der Waals surface area contributed by atoms with Gasteiger partial charge in [-0.2, -0.15) is 8.42 Å². The lowest BCUT2D eigenvalue weighted by atomic mass is 10.1. The summed E-state index contributed by atoms with van der Waals surface area (Å²) in [6, 6.07) is -0.212. The Labute approximate surface area is 84.6 Å². The molecule has 3 N–H and O–H groups in total. The Hall–Kier alpha value is -0.430. The van der Waals surface area contributed by atoms with Gasteiger partial charge in [0.15, 0.2) is 0 Å². The van der Waals surface area contributed by atoms with Crippen LogP contribution < -0.4 is 5.32 Å². The Morgan fingerprint density at radius 1 is 1.57 bits per heavy atom. The molecule has 0 saturated carbocycles. The van der Waals surface area contributed by atoms with Gasteiger partial charge in [-0.25, -0.2) is 0 Å². The normalized spacial score (nSPS) is 13.9. The predicted molar refractivity (Wildman–Crippen MR) is 54.7 cm³/mol. The zero-order valence-corrected chi connectivity index (χ0v) is 9.05. The number of rotatable bonds is 7. The van der Waals surface area contributed by atoms with Crippen LogP contribution in [0.2, 0.25) is 0 Å². The average molecular weight is 223 g/mol. The van der Waals surface area contributed by atoms with E-state index in [-0.39, 0.29) is 18.4 Å². The number of aliphatic hydroxyl groups is 1. The SMILES string of the molecule is C=C(C)[C@@H](CO)NCCCS(=O)(=O)O. The number of nitrogens with one attached hydrogen (secondary N) is 1. The number of hydrogen-bond acceptors (Lipinski definition) is 4. The average Bonchev–Trinajstić information content (AvgIpc) is 2.01. The van der Waals surface area contributed by atoms with Crippen LogP contribution in [0.4, 0.5) is 0 Å². The Balaban J connectivity index is 3.68. The third kappa shape index (κ3) is 7.02. The van der Waals surface area contributed by atoms with Crippen LogP contribution in [0, 0.1) is 0 Å². The van der Waals surface area contributed by atoms with Crippen LogP contribution in [0.1, 0.15) is 13.3 Å². The van der Waals surface area contributed by atoms with Gasteiger partial charge in [-0.05, 0) is 19.9 Å². The maximum atomic E-state index is 10.3. The largest absolute Gasteiger partial charge is 0.394 e. The van der Waals surface area contributed by atoms with Gasteiger partial charge >= 0.3 is 0 Å². The van der Waals surface area contributed by atoms with Crippen LogP contribution >= 0.6 is 0 Å². The van der Waals surface area contributed by atoms with Gasteiger partial charge in [-0.3, -0.25) is 4.55 Å². The Kier molecular flexibility index (Phi) is 5.94. The van der Waals surface area contributed by atoms with Crippen molar-refractivity contribution < 1.29 is 18.1 Å². The lowest BCUT2D eigenvalue weighted by Gasteiger charge is -2.15. The van der Waals surface area contributed by atoms with Gasteiger partial charge in [0.1, 0.15) is 0 Å². The summed E-state index contributed by atoms with van der Waals surface area (Å²) in [5, 5.41) is 11.8. The minimum Gasteiger partial charge on any atom is -0.394 e. The van der Waals surface area contributed by atoms with Crippen LogP contribution in [-0.4, -0.2) is 43.0 Å². The van der Waals surface area contributed by atoms with Gasteiger partial charge in [-0.1, -0.05) is 12.2 Å². The van der Waals surface area contributed by atoms with E-state index in [1.807, 2.05) is 0 Å². The van der Waals surface area contributed by atoms with Gasteiger partial charge in [0, 0.05) is 0 Å². The minimum absolute atomic E-state index is 0.0682. The molecule has 0 saturated heterocycles. The molecule has 0 radical (unpaired) electrons. The highest BCUT2D eigenvalue weighted by atomic mass is 32.2. The Bertz CT molecular complexity index is 273. The summed E-state index contributed by atoms with van der Waals surface area (Å²) in [6.07, 6.45) is 0.308. The summed E-state index contributed by atoms with van der Waals surface area (Å²) >= 11 is 0. The highest BCUT2D eigenvalue weighted by Crippen LogP contribution is 1.96. The summed E-state index contributed by atoms with van der Waals surface area (Å²) in [7, 11) is -3.87. The van der Waals surface area contributed by atoms with Gasteiger partial charge in [0.05, 0.1) is 18.4 Å². The first-order valence-electron chi connectivity index (χ1n) is 4.31. The van der Waals surface area contributed by atoms with Crippen molar-refractivity contribution in [2.45, 2.75) is 19.4 Å². The molecular formula is C8H17NO4S. The first kappa shape index (κ1) is 13.6. The molecule has 0 bridgehead atoms. The van der Waals surface area contributed by atoms with Crippen LogP contribution in [0.3, 0.4) is 0 Å². The molecule has 5 nitrogen and oxygen atoms in total. The van der Waals surface area contributed by atoms with Gasteiger partial charge < -0.3 is 10.4 Å². The van der Waals surface area contributed by atoms with Crippen LogP contribution in [-0.2, 0) is 10.1 Å². The molecule has 14 heavy (non-hydrogen) atoms. The first-order chi connectivity index (χ1) is 6.37. The van der Waals surface area contributed by atoms with Crippen molar-refractivity contribution in [1.82, 2.24) is 5.32 Å². The minimum atomic E-state index is -3.87. The van der Waals surface area contributed by atoms with Crippen molar-refractivity contribution in [2.75, 3.05) is 18.9 Å². The van der Waals surface area contributed by atoms with Crippen molar-refractivity contribution >= 4 is 10.1 Å². The molecular weight excluding hydrogens is 206 g/mol. The molecule has 0 aliphatic rings. The number of aliphatic hydroxyl groups excluding tert-OH is 1. The zero-order chi connectivity index (χ0) is 11.2. The standard InChI is InChI=1S/C8H17NO4S/c1-7(2)8(6-10)9-4-3-5-14(11,12)13/h8-10H,1,3-6H2,2H3,(H,11,12,13)/t8-/m1/s1. The Morgan fingerprint density at radius 2 is 2.14 bits per heavy atom. The topological polar surface area (TPSA) is 86.6 Å². The Morgan fingerprint density at radius 3 is 2.50 bits per heavy atom. The fraction of sp³-hybridized carbons (Fsp3) is 0.750. The molecule has 0 aromatic carbocycles. The van der Waals surface area contributed by atoms with Gasteiger partial charge in [0.2, 0.25) is 0 Å². The van der Waals surface area contributed by atoms with E-state index in [2.05, 4.69) is 11.9 Å². The fourth-order valence-electron chi connectivity index (χ4n) is 0.925. The van der Waals surface area contributed by atoms with Crippen molar-refractivity contribution in [3.8, 4) is 0 Å². The molecule has 0 rings (SSSR count). The summed E-state index contributed by atoms with van der Waals surface area (Å²) in [4.78, 5) is 0. The lowest BCUT2D eigenvalue weighted by molar-refractivity contribution is 0.259. The van der Waals surface area contributed by atoms with Crippen LogP contribution in [0.5, 0.6) is 0 Å². The summed E-state index contributed by atoms with van der Waals surface area (Å²) in [5.41, 5.74) is 0.791. The third-order valence-electron chi connectivity index (χ3n) is 1.75. The molecule has 6 heteroatoms. The van der Waals surface area contributed by atoms with Crippen molar-refractivity contribution in [3.63, 3.8) is 0 Å². The second kappa shape index (κ2) is 6.13. The fourth-order valence-corrected chi connectivity index (χ4v) is 1.43. The lowest BCUT2D eigenvalue weighted by Crippen LogP contribution is -2.34. The quantitative estimate of drug-likeness (QED) is 0.316. The molecule has 0 unspecified atom stereocenters. The third-order valence-corrected chi connectivity index (χ3v) is 2.55. The highest BCUT2D eigenvalue weighted by Gasteiger charge is 2.08. The summed E-state index contributed by atoms with van der Waals surface area (Å²) < 4.78 is 29.1. The van der Waals surface area contributed by atoms with E-state index in [4.69, 9.17) is 9.66 Å². The number of hydrogen-bond donors (Lipinski definition) is 3. The van der Waals surface area contributed by atoms with E-state index in [9.17, 15) is 8.42 Å². The molecule has 0 aliphatic heterocycles. The van der Waals surface area contributed by atoms with Crippen molar-refractivity contribution in [2.24, 2.45) is 0 Å². The molecule has 0 aromatic rings. The molecule has 0 aromatic heterocycles. The summed E-state index contributed by atoms with van der Waals surface area (Å²) in [5.74, 6) is -0.270. The van der Waals surface area contributed by atoms with Crippen molar-refractivity contribution in [1.29, 1.82) is 0 Å². The zero-order valence-electron chi connectivity index (χ0n) is 8.23. The first-order valence-corrected chi connectivity index (χ1v) is 5.92. The molecule has 0 amide bonds. The summed E-state index contributed by atoms with van der Waals surface area (Å²) in [6.45, 7) is 5.78. The second-order valence-electron chi connectivity index (χ2n) is 3.18. The molecule has 84 valence electrons. The van der Waals surface area contributed by atoms with E-state index >= 15 is 0 Å². The van der Waals surface area contributed by atoms with E-state index in [0.29, 0.717) is 13.0 Å². The van der Waals surface area contributed by atoms with Crippen molar-refractivity contribution in [3.05, 3.63) is 12.2 Å². The second-order valence-corrected chi connectivity index (χ2v) is 4.75. The molecule has 0 spiro atoms. The van der Waals surface area contributed by atoms with Gasteiger partial charge in [-0.15, -0.1) is 0 Å². The van der Waals surface area contributed by atoms with Crippen LogP contribution in [0.25, 0.3) is 0 Å². The van der Waals surface area contributed by atoms with Crippen LogP contribution in [0.15, 0.2) is 12.2 Å². The molecule has 1 atom stereocenters. The highest BCUT2D eigenvalue weighted by molar-refractivity contribution is 7.85. The smallest absolute Gasteiger partial charge is 0.264 e. The molecule has 0 aliphatic carbocycles. The van der Waals surface area contributed by atoms with Gasteiger partial charge in [0.25, 0.3) is 10.1 Å². The van der Waals surface area contributed by atoms with E-state index in [1.54, 1.807) is 6.92 Å². The van der Waals surface area contributed by atoms with E-state index in [1.165, 1.54) is 0 Å². The van der Waals surface area contributed by atoms with E-state index in [0.717, 1.165) is 5.57 Å². The maximum absolute atomic E-state index is 10.3. The molecule has 0 heterocycles. The maximum Gasteiger partial charge on any atom is 0.264 e. The monoisotopic (exact) mass is 223 g/mol.